The fraction of sp³-hybridized carbons (Fsp3) is 0.245. The van der Waals surface area contributed by atoms with Crippen LogP contribution in [0.2, 0.25) is 0 Å². The zero-order valence-corrected chi connectivity index (χ0v) is 35.4. The van der Waals surface area contributed by atoms with E-state index in [0.29, 0.717) is 17.9 Å². The van der Waals surface area contributed by atoms with Gasteiger partial charge in [0.25, 0.3) is 0 Å². The summed E-state index contributed by atoms with van der Waals surface area (Å²) in [6.45, 7) is 1.21. The number of carbonyl (C=O) groups excluding carboxylic acids is 1. The van der Waals surface area contributed by atoms with Gasteiger partial charge in [0.2, 0.25) is 0 Å². The van der Waals surface area contributed by atoms with Crippen LogP contribution in [-0.4, -0.2) is 59.2 Å². The van der Waals surface area contributed by atoms with E-state index in [9.17, 15) is 14.7 Å². The summed E-state index contributed by atoms with van der Waals surface area (Å²) in [6.07, 6.45) is -4.69. The number of benzene rings is 6. The Kier molecular flexibility index (Phi) is 15.2. The largest absolute Gasteiger partial charge is 0.480 e. The van der Waals surface area contributed by atoms with E-state index in [1.165, 1.54) is 0 Å². The molecule has 0 aliphatic carbocycles. The van der Waals surface area contributed by atoms with Crippen LogP contribution in [0.4, 0.5) is 4.79 Å². The average molecular weight is 861 g/mol. The Morgan fingerprint density at radius 1 is 0.562 bits per heavy atom. The molecule has 1 aromatic heterocycles. The van der Waals surface area contributed by atoms with Gasteiger partial charge in [-0.2, -0.15) is 0 Å². The van der Waals surface area contributed by atoms with Crippen LogP contribution in [0, 0.1) is 0 Å². The number of ether oxygens (including phenoxy) is 6. The molecule has 0 saturated carbocycles. The third kappa shape index (κ3) is 11.7. The van der Waals surface area contributed by atoms with Crippen molar-refractivity contribution in [2.75, 3.05) is 6.61 Å². The van der Waals surface area contributed by atoms with Crippen molar-refractivity contribution in [2.24, 2.45) is 0 Å². The minimum Gasteiger partial charge on any atom is -0.480 e. The van der Waals surface area contributed by atoms with Crippen molar-refractivity contribution < 1.29 is 43.1 Å². The van der Waals surface area contributed by atoms with Crippen molar-refractivity contribution in [1.29, 1.82) is 0 Å². The predicted octanol–water partition coefficient (Wildman–Crippen LogP) is 9.50. The van der Waals surface area contributed by atoms with Crippen molar-refractivity contribution in [2.45, 2.75) is 76.0 Å². The molecule has 1 aliphatic heterocycles. The van der Waals surface area contributed by atoms with E-state index in [1.807, 2.05) is 176 Å². The van der Waals surface area contributed by atoms with Gasteiger partial charge in [0.05, 0.1) is 38.7 Å². The zero-order chi connectivity index (χ0) is 43.9. The fourth-order valence-corrected chi connectivity index (χ4v) is 8.02. The van der Waals surface area contributed by atoms with E-state index >= 15 is 0 Å². The maximum atomic E-state index is 13.2. The van der Waals surface area contributed by atoms with E-state index in [4.69, 9.17) is 28.4 Å². The Balaban J connectivity index is 1.18. The number of carbonyl (C=O) groups is 2. The molecule has 0 bridgehead atoms. The minimum atomic E-state index is -1.36. The van der Waals surface area contributed by atoms with Crippen molar-refractivity contribution in [3.05, 3.63) is 215 Å². The number of aromatic amines is 1. The summed E-state index contributed by atoms with van der Waals surface area (Å²) in [7, 11) is 0. The Morgan fingerprint density at radius 2 is 1.02 bits per heavy atom. The predicted molar refractivity (Wildman–Crippen MR) is 242 cm³/mol. The summed E-state index contributed by atoms with van der Waals surface area (Å²) in [5.74, 6) is -1.22. The topological polar surface area (TPSA) is 138 Å². The molecule has 0 unspecified atom stereocenters. The molecule has 11 heteroatoms. The highest BCUT2D eigenvalue weighted by Gasteiger charge is 2.50. The van der Waals surface area contributed by atoms with Crippen molar-refractivity contribution in [1.82, 2.24) is 10.3 Å². The van der Waals surface area contributed by atoms with Gasteiger partial charge >= 0.3 is 12.1 Å². The van der Waals surface area contributed by atoms with E-state index in [-0.39, 0.29) is 39.5 Å². The minimum absolute atomic E-state index is 0.0146. The van der Waals surface area contributed by atoms with Crippen LogP contribution in [0.25, 0.3) is 10.9 Å². The summed E-state index contributed by atoms with van der Waals surface area (Å²) in [5.41, 5.74) is 6.65. The lowest BCUT2D eigenvalue weighted by atomic mass is 9.89. The lowest BCUT2D eigenvalue weighted by molar-refractivity contribution is -0.275. The first-order chi connectivity index (χ1) is 31.5. The number of rotatable bonds is 20. The van der Waals surface area contributed by atoms with E-state index in [2.05, 4.69) is 10.3 Å². The van der Waals surface area contributed by atoms with Crippen molar-refractivity contribution >= 4 is 23.0 Å². The molecule has 3 N–H and O–H groups in total. The first-order valence-corrected chi connectivity index (χ1v) is 21.5. The van der Waals surface area contributed by atoms with Gasteiger partial charge in [-0.25, -0.2) is 9.59 Å². The summed E-state index contributed by atoms with van der Waals surface area (Å²) >= 11 is 0. The second-order valence-corrected chi connectivity index (χ2v) is 15.7. The van der Waals surface area contributed by atoms with E-state index in [0.717, 1.165) is 38.7 Å². The first kappa shape index (κ1) is 44.0. The van der Waals surface area contributed by atoms with Crippen LogP contribution >= 0.6 is 0 Å². The smallest absolute Gasteiger partial charge is 0.408 e. The molecule has 0 radical (unpaired) electrons. The summed E-state index contributed by atoms with van der Waals surface area (Å²) < 4.78 is 40.0. The number of para-hydroxylation sites is 1. The van der Waals surface area contributed by atoms with Crippen LogP contribution in [-0.2, 0) is 72.7 Å². The molecule has 11 nitrogen and oxygen atoms in total. The number of aliphatic carboxylic acids is 1. The number of fused-ring (bicyclic) bond motifs is 1. The third-order valence-corrected chi connectivity index (χ3v) is 11.2. The average Bonchev–Trinajstić information content (AvgIpc) is 3.70. The van der Waals surface area contributed by atoms with Crippen LogP contribution in [0.15, 0.2) is 176 Å². The fourth-order valence-electron chi connectivity index (χ4n) is 8.02. The highest BCUT2D eigenvalue weighted by Crippen LogP contribution is 2.41. The Morgan fingerprint density at radius 3 is 1.55 bits per heavy atom. The normalized spacial score (nSPS) is 18.9. The number of alkyl carbamates (subject to hydrolysis) is 1. The molecular formula is C53H52N2O9. The molecular weight excluding hydrogens is 809 g/mol. The van der Waals surface area contributed by atoms with E-state index in [1.54, 1.807) is 0 Å². The second-order valence-electron chi connectivity index (χ2n) is 15.7. The Labute approximate surface area is 372 Å². The summed E-state index contributed by atoms with van der Waals surface area (Å²) in [6, 6.07) is 55.2. The molecule has 1 saturated heterocycles. The van der Waals surface area contributed by atoms with Gasteiger partial charge in [0.15, 0.2) is 0 Å². The molecule has 64 heavy (non-hydrogen) atoms. The van der Waals surface area contributed by atoms with Crippen molar-refractivity contribution in [3.8, 4) is 0 Å². The van der Waals surface area contributed by atoms with Gasteiger partial charge in [0.1, 0.15) is 43.2 Å². The number of hydrogen-bond donors (Lipinski definition) is 3. The zero-order valence-electron chi connectivity index (χ0n) is 35.4. The molecule has 1 aliphatic rings. The van der Waals surface area contributed by atoms with Gasteiger partial charge in [-0.15, -0.1) is 0 Å². The highest BCUT2D eigenvalue weighted by molar-refractivity contribution is 5.87. The van der Waals surface area contributed by atoms with Crippen LogP contribution < -0.4 is 5.32 Å². The molecule has 2 heterocycles. The molecule has 1 amide bonds. The standard InChI is InChI=1S/C53H52N2O9/c56-52(57)45(55-53(58)63-35-41-26-14-5-15-27-41)30-43-42-28-16-17-29-44(42)54-47(43)49-51(62-34-40-24-12-4-13-25-40)50(61-33-39-22-10-3-11-23-39)48(60-32-38-20-8-2-9-21-38)46(64-49)36-59-31-37-18-6-1-7-19-37/h1-29,45-46,48-51,54H,30-36H2,(H,55,58)(H,56,57)/t45-,46+,48+,49+,50-,51+/m0/s1. The number of H-pyrrole nitrogens is 1. The van der Waals surface area contributed by atoms with Gasteiger partial charge in [-0.05, 0) is 39.4 Å². The number of carboxylic acid groups (broad SMARTS) is 1. The maximum Gasteiger partial charge on any atom is 0.408 e. The van der Waals surface area contributed by atoms with Gasteiger partial charge in [-0.1, -0.05) is 170 Å². The lowest BCUT2D eigenvalue weighted by Gasteiger charge is -2.46. The first-order valence-electron chi connectivity index (χ1n) is 21.5. The summed E-state index contributed by atoms with van der Waals surface area (Å²) in [4.78, 5) is 29.7. The number of nitrogens with one attached hydrogen (secondary N) is 2. The van der Waals surface area contributed by atoms with Gasteiger partial charge in [0, 0.05) is 17.3 Å². The number of hydrogen-bond acceptors (Lipinski definition) is 8. The molecule has 6 atom stereocenters. The Bertz CT molecular complexity index is 2510. The van der Waals surface area contributed by atoms with Crippen LogP contribution in [0.5, 0.6) is 0 Å². The second kappa shape index (κ2) is 22.2. The van der Waals surface area contributed by atoms with Crippen molar-refractivity contribution in [3.63, 3.8) is 0 Å². The monoisotopic (exact) mass is 860 g/mol. The number of amides is 1. The van der Waals surface area contributed by atoms with Gasteiger partial charge < -0.3 is 43.8 Å². The van der Waals surface area contributed by atoms with E-state index < -0.39 is 48.6 Å². The number of carboxylic acids is 1. The molecule has 0 spiro atoms. The number of aromatic nitrogens is 1. The van der Waals surface area contributed by atoms with Crippen LogP contribution in [0.1, 0.15) is 45.2 Å². The highest BCUT2D eigenvalue weighted by atomic mass is 16.6. The molecule has 328 valence electrons. The summed E-state index contributed by atoms with van der Waals surface area (Å²) in [5, 5.41) is 14.0. The van der Waals surface area contributed by atoms with Gasteiger partial charge in [-0.3, -0.25) is 0 Å². The maximum absolute atomic E-state index is 13.2. The van der Waals surface area contributed by atoms with Crippen LogP contribution in [0.3, 0.4) is 0 Å². The molecule has 8 rings (SSSR count). The molecule has 7 aromatic rings. The Hall–Kier alpha value is -6.60. The quantitative estimate of drug-likeness (QED) is 0.0685. The SMILES string of the molecule is O=C(N[C@@H](Cc1c([C@H]2O[C@H](COCc3ccccc3)[C@@H](OCc3ccccc3)[C@H](OCc3ccccc3)[C@@H]2OCc2ccccc2)[nH]c2ccccc12)C(=O)O)OCc1ccccc1. The lowest BCUT2D eigenvalue weighted by Crippen LogP contribution is -2.58. The molecule has 6 aromatic carbocycles. The molecule has 1 fully saturated rings. The third-order valence-electron chi connectivity index (χ3n) is 11.2.